The predicted octanol–water partition coefficient (Wildman–Crippen LogP) is 4.74. The Kier molecular flexibility index (Phi) is 3.37. The summed E-state index contributed by atoms with van der Waals surface area (Å²) in [6.45, 7) is 0.784. The zero-order valence-electron chi connectivity index (χ0n) is 13.6. The van der Waals surface area contributed by atoms with E-state index in [1.807, 2.05) is 33.6 Å². The number of benzene rings is 1. The highest BCUT2D eigenvalue weighted by molar-refractivity contribution is 6.31. The fourth-order valence-electron chi connectivity index (χ4n) is 3.60. The second kappa shape index (κ2) is 5.64. The molecule has 4 heterocycles. The van der Waals surface area contributed by atoms with Gasteiger partial charge in [-0.3, -0.25) is 4.68 Å². The summed E-state index contributed by atoms with van der Waals surface area (Å²) in [5.41, 5.74) is 4.35. The smallest absolute Gasteiger partial charge is 0.144 e. The van der Waals surface area contributed by atoms with Gasteiger partial charge in [0.05, 0.1) is 5.02 Å². The first-order valence-electron chi connectivity index (χ1n) is 8.29. The van der Waals surface area contributed by atoms with Crippen LogP contribution in [0.5, 0.6) is 0 Å². The molecule has 130 valence electrons. The lowest BCUT2D eigenvalue weighted by molar-refractivity contribution is 0.584. The van der Waals surface area contributed by atoms with E-state index in [4.69, 9.17) is 11.6 Å². The van der Waals surface area contributed by atoms with Gasteiger partial charge in [-0.1, -0.05) is 11.6 Å². The number of nitrogens with zero attached hydrogens (tertiary/aromatic N) is 4. The number of hydrogen-bond donors (Lipinski definition) is 0. The molecule has 0 amide bonds. The van der Waals surface area contributed by atoms with Gasteiger partial charge in [0.1, 0.15) is 23.0 Å². The van der Waals surface area contributed by atoms with E-state index in [1.165, 1.54) is 6.07 Å². The van der Waals surface area contributed by atoms with Crippen molar-refractivity contribution in [2.45, 2.75) is 19.4 Å². The molecule has 0 bridgehead atoms. The lowest BCUT2D eigenvalue weighted by atomic mass is 9.98. The van der Waals surface area contributed by atoms with Gasteiger partial charge in [0.25, 0.3) is 0 Å². The summed E-state index contributed by atoms with van der Waals surface area (Å²) in [7, 11) is 0. The van der Waals surface area contributed by atoms with Crippen molar-refractivity contribution >= 4 is 17.2 Å². The Hall–Kier alpha value is -2.73. The molecule has 0 fully saturated rings. The first-order valence-corrected chi connectivity index (χ1v) is 8.67. The Bertz CT molecular complexity index is 1160. The van der Waals surface area contributed by atoms with Crippen LogP contribution in [0.1, 0.15) is 12.1 Å². The molecular formula is C19H13ClF2N4. The zero-order chi connectivity index (χ0) is 17.8. The van der Waals surface area contributed by atoms with Crippen LogP contribution >= 0.6 is 11.6 Å². The lowest BCUT2D eigenvalue weighted by Gasteiger charge is -2.08. The summed E-state index contributed by atoms with van der Waals surface area (Å²) in [6.07, 6.45) is 7.39. The molecule has 1 aliphatic heterocycles. The molecule has 5 rings (SSSR count). The molecule has 1 aliphatic rings. The van der Waals surface area contributed by atoms with Crippen LogP contribution in [-0.2, 0) is 13.0 Å². The van der Waals surface area contributed by atoms with Gasteiger partial charge >= 0.3 is 0 Å². The molecule has 0 atom stereocenters. The summed E-state index contributed by atoms with van der Waals surface area (Å²) in [4.78, 5) is 4.25. The summed E-state index contributed by atoms with van der Waals surface area (Å²) in [5, 5.41) is 4.49. The van der Waals surface area contributed by atoms with Crippen molar-refractivity contribution in [3.8, 4) is 22.4 Å². The number of aromatic nitrogens is 4. The molecule has 0 N–H and O–H groups in total. The fourth-order valence-corrected chi connectivity index (χ4v) is 3.76. The molecule has 0 radical (unpaired) electrons. The Morgan fingerprint density at radius 1 is 1.12 bits per heavy atom. The van der Waals surface area contributed by atoms with Crippen LogP contribution in [0.4, 0.5) is 8.78 Å². The summed E-state index contributed by atoms with van der Waals surface area (Å²) < 4.78 is 31.9. The second-order valence-corrected chi connectivity index (χ2v) is 6.76. The number of hydrogen-bond acceptors (Lipinski definition) is 2. The normalized spacial score (nSPS) is 13.5. The number of aryl methyl sites for hydroxylation is 1. The molecule has 7 heteroatoms. The Morgan fingerprint density at radius 3 is 2.88 bits per heavy atom. The van der Waals surface area contributed by atoms with Gasteiger partial charge in [-0.2, -0.15) is 5.10 Å². The van der Waals surface area contributed by atoms with Crippen molar-refractivity contribution in [3.05, 3.63) is 65.2 Å². The molecule has 0 saturated heterocycles. The van der Waals surface area contributed by atoms with E-state index in [0.29, 0.717) is 5.69 Å². The highest BCUT2D eigenvalue weighted by atomic mass is 35.5. The van der Waals surface area contributed by atoms with Gasteiger partial charge < -0.3 is 4.40 Å². The van der Waals surface area contributed by atoms with E-state index in [9.17, 15) is 8.78 Å². The maximum Gasteiger partial charge on any atom is 0.144 e. The quantitative estimate of drug-likeness (QED) is 0.478. The fraction of sp³-hybridized carbons (Fsp3) is 0.158. The number of pyridine rings is 1. The maximum atomic E-state index is 14.5. The standard InChI is InChI=1S/C19H13ClF2N4/c20-13-8-12(14(21)9-15(13)22)19-18(16-2-1-6-26(16)24-19)11-3-4-17-23-5-7-25(17)10-11/h3-5,7-10H,1-2,6H2. The van der Waals surface area contributed by atoms with Crippen LogP contribution in [-0.4, -0.2) is 19.2 Å². The number of imidazole rings is 1. The maximum absolute atomic E-state index is 14.5. The Balaban J connectivity index is 1.78. The molecule has 26 heavy (non-hydrogen) atoms. The molecule has 0 aliphatic carbocycles. The number of rotatable bonds is 2. The molecule has 1 aromatic carbocycles. The third-order valence-corrected chi connectivity index (χ3v) is 5.07. The van der Waals surface area contributed by atoms with E-state index in [0.717, 1.165) is 47.9 Å². The van der Waals surface area contributed by atoms with Crippen molar-refractivity contribution in [1.29, 1.82) is 0 Å². The van der Waals surface area contributed by atoms with Crippen molar-refractivity contribution in [3.63, 3.8) is 0 Å². The van der Waals surface area contributed by atoms with Crippen LogP contribution in [0.2, 0.25) is 5.02 Å². The first-order chi connectivity index (χ1) is 12.6. The minimum absolute atomic E-state index is 0.120. The number of halogens is 3. The van der Waals surface area contributed by atoms with Gasteiger partial charge in [-0.25, -0.2) is 13.8 Å². The molecule has 0 saturated carbocycles. The summed E-state index contributed by atoms with van der Waals surface area (Å²) in [5.74, 6) is -1.45. The van der Waals surface area contributed by atoms with E-state index in [-0.39, 0.29) is 10.6 Å². The zero-order valence-corrected chi connectivity index (χ0v) is 14.3. The van der Waals surface area contributed by atoms with Crippen molar-refractivity contribution in [2.24, 2.45) is 0 Å². The predicted molar refractivity (Wildman–Crippen MR) is 95.1 cm³/mol. The minimum Gasteiger partial charge on any atom is -0.306 e. The first kappa shape index (κ1) is 15.5. The molecule has 4 nitrogen and oxygen atoms in total. The van der Waals surface area contributed by atoms with Crippen molar-refractivity contribution < 1.29 is 8.78 Å². The minimum atomic E-state index is -0.777. The van der Waals surface area contributed by atoms with Crippen molar-refractivity contribution in [1.82, 2.24) is 19.2 Å². The van der Waals surface area contributed by atoms with E-state index in [2.05, 4.69) is 10.1 Å². The van der Waals surface area contributed by atoms with Gasteiger partial charge in [-0.15, -0.1) is 0 Å². The number of fused-ring (bicyclic) bond motifs is 2. The highest BCUT2D eigenvalue weighted by Gasteiger charge is 2.26. The van der Waals surface area contributed by atoms with E-state index < -0.39 is 11.6 Å². The van der Waals surface area contributed by atoms with E-state index in [1.54, 1.807) is 6.20 Å². The summed E-state index contributed by atoms with van der Waals surface area (Å²) >= 11 is 5.90. The second-order valence-electron chi connectivity index (χ2n) is 6.35. The van der Waals surface area contributed by atoms with Gasteiger partial charge in [-0.05, 0) is 31.0 Å². The molecule has 4 aromatic rings. The largest absolute Gasteiger partial charge is 0.306 e. The third kappa shape index (κ3) is 2.25. The van der Waals surface area contributed by atoms with Gasteiger partial charge in [0.2, 0.25) is 0 Å². The van der Waals surface area contributed by atoms with Crippen LogP contribution in [0.25, 0.3) is 28.0 Å². The van der Waals surface area contributed by atoms with Gasteiger partial charge in [0.15, 0.2) is 0 Å². The molecule has 0 spiro atoms. The molecule has 3 aromatic heterocycles. The van der Waals surface area contributed by atoms with Crippen LogP contribution < -0.4 is 0 Å². The highest BCUT2D eigenvalue weighted by Crippen LogP contribution is 2.39. The van der Waals surface area contributed by atoms with Crippen molar-refractivity contribution in [2.75, 3.05) is 0 Å². The average molecular weight is 371 g/mol. The van der Waals surface area contributed by atoms with Crippen LogP contribution in [0, 0.1) is 11.6 Å². The Morgan fingerprint density at radius 2 is 2.00 bits per heavy atom. The molecular weight excluding hydrogens is 358 g/mol. The topological polar surface area (TPSA) is 35.1 Å². The van der Waals surface area contributed by atoms with Crippen LogP contribution in [0.3, 0.4) is 0 Å². The molecule has 0 unspecified atom stereocenters. The van der Waals surface area contributed by atoms with Crippen LogP contribution in [0.15, 0.2) is 42.9 Å². The SMILES string of the molecule is Fc1cc(F)c(-c2nn3c(c2-c2ccc4nccn4c2)CCC3)cc1Cl. The Labute approximate surface area is 152 Å². The van der Waals surface area contributed by atoms with Gasteiger partial charge in [0, 0.05) is 53.6 Å². The average Bonchev–Trinajstić information content (AvgIpc) is 3.32. The monoisotopic (exact) mass is 370 g/mol. The third-order valence-electron chi connectivity index (χ3n) is 4.78. The van der Waals surface area contributed by atoms with E-state index >= 15 is 0 Å². The summed E-state index contributed by atoms with van der Waals surface area (Å²) in [6, 6.07) is 5.98. The lowest BCUT2D eigenvalue weighted by Crippen LogP contribution is -1.95.